The summed E-state index contributed by atoms with van der Waals surface area (Å²) in [6, 6.07) is 6.06. The summed E-state index contributed by atoms with van der Waals surface area (Å²) < 4.78 is 14.4. The van der Waals surface area contributed by atoms with E-state index in [1.165, 1.54) is 12.1 Å². The minimum atomic E-state index is -0.278. The second kappa shape index (κ2) is 4.36. The molecular formula is C10H12FN5. The van der Waals surface area contributed by atoms with E-state index in [9.17, 15) is 4.39 Å². The van der Waals surface area contributed by atoms with Gasteiger partial charge in [0.1, 0.15) is 5.82 Å². The van der Waals surface area contributed by atoms with Crippen molar-refractivity contribution in [2.45, 2.75) is 13.0 Å². The molecule has 1 aromatic carbocycles. The van der Waals surface area contributed by atoms with Crippen LogP contribution < -0.4 is 5.32 Å². The number of nitrogens with one attached hydrogen (secondary N) is 1. The number of hydrogen-bond acceptors (Lipinski definition) is 4. The van der Waals surface area contributed by atoms with Gasteiger partial charge in [-0.2, -0.15) is 4.68 Å². The van der Waals surface area contributed by atoms with E-state index in [2.05, 4.69) is 20.8 Å². The van der Waals surface area contributed by atoms with Gasteiger partial charge in [0.2, 0.25) is 0 Å². The predicted octanol–water partition coefficient (Wildman–Crippen LogP) is 1.08. The number of hydrogen-bond donors (Lipinski definition) is 1. The van der Waals surface area contributed by atoms with Gasteiger partial charge >= 0.3 is 0 Å². The van der Waals surface area contributed by atoms with Crippen LogP contribution in [0.2, 0.25) is 0 Å². The molecule has 84 valence electrons. The highest BCUT2D eigenvalue weighted by atomic mass is 19.1. The Morgan fingerprint density at radius 2 is 2.00 bits per heavy atom. The minimum Gasteiger partial charge on any atom is -0.311 e. The maximum atomic E-state index is 12.8. The Hall–Kier alpha value is -1.82. The van der Waals surface area contributed by atoms with E-state index in [4.69, 9.17) is 0 Å². The van der Waals surface area contributed by atoms with Crippen molar-refractivity contribution in [2.24, 2.45) is 0 Å². The largest absolute Gasteiger partial charge is 0.311 e. The smallest absolute Gasteiger partial charge is 0.173 e. The molecule has 1 aromatic heterocycles. The third-order valence-corrected chi connectivity index (χ3v) is 2.39. The predicted molar refractivity (Wildman–Crippen MR) is 56.6 cm³/mol. The summed E-state index contributed by atoms with van der Waals surface area (Å²) in [5.74, 6) is 0.411. The Bertz CT molecular complexity index is 464. The molecule has 0 spiro atoms. The minimum absolute atomic E-state index is 0.0278. The van der Waals surface area contributed by atoms with Gasteiger partial charge in [-0.1, -0.05) is 0 Å². The van der Waals surface area contributed by atoms with E-state index in [1.807, 2.05) is 14.0 Å². The molecule has 2 aromatic rings. The first-order valence-electron chi connectivity index (χ1n) is 4.94. The van der Waals surface area contributed by atoms with Crippen molar-refractivity contribution in [3.8, 4) is 5.69 Å². The third kappa shape index (κ3) is 1.92. The highest BCUT2D eigenvalue weighted by Crippen LogP contribution is 2.13. The van der Waals surface area contributed by atoms with Gasteiger partial charge in [0.25, 0.3) is 0 Å². The van der Waals surface area contributed by atoms with Gasteiger partial charge in [0.05, 0.1) is 11.7 Å². The molecule has 6 heteroatoms. The van der Waals surface area contributed by atoms with Gasteiger partial charge in [-0.25, -0.2) is 4.39 Å². The number of rotatable bonds is 3. The quantitative estimate of drug-likeness (QED) is 0.842. The summed E-state index contributed by atoms with van der Waals surface area (Å²) >= 11 is 0. The third-order valence-electron chi connectivity index (χ3n) is 2.39. The van der Waals surface area contributed by atoms with Crippen LogP contribution in [0.5, 0.6) is 0 Å². The lowest BCUT2D eigenvalue weighted by Crippen LogP contribution is -2.17. The van der Waals surface area contributed by atoms with Crippen molar-refractivity contribution in [2.75, 3.05) is 7.05 Å². The van der Waals surface area contributed by atoms with E-state index in [1.54, 1.807) is 16.8 Å². The second-order valence-electron chi connectivity index (χ2n) is 3.44. The topological polar surface area (TPSA) is 55.6 Å². The van der Waals surface area contributed by atoms with Crippen LogP contribution >= 0.6 is 0 Å². The molecule has 5 nitrogen and oxygen atoms in total. The summed E-state index contributed by atoms with van der Waals surface area (Å²) in [6.07, 6.45) is 0. The lowest BCUT2D eigenvalue weighted by atomic mass is 10.3. The maximum Gasteiger partial charge on any atom is 0.173 e. The van der Waals surface area contributed by atoms with Gasteiger partial charge < -0.3 is 5.32 Å². The summed E-state index contributed by atoms with van der Waals surface area (Å²) in [7, 11) is 1.83. The first kappa shape index (κ1) is 10.7. The van der Waals surface area contributed by atoms with Crippen molar-refractivity contribution < 1.29 is 4.39 Å². The molecule has 0 saturated carbocycles. The zero-order chi connectivity index (χ0) is 11.5. The van der Waals surface area contributed by atoms with Gasteiger partial charge in [0, 0.05) is 0 Å². The van der Waals surface area contributed by atoms with Gasteiger partial charge in [-0.3, -0.25) is 0 Å². The molecule has 0 aliphatic rings. The summed E-state index contributed by atoms with van der Waals surface area (Å²) in [6.45, 7) is 1.95. The van der Waals surface area contributed by atoms with Crippen LogP contribution in [0.4, 0.5) is 4.39 Å². The molecule has 1 atom stereocenters. The molecular weight excluding hydrogens is 209 g/mol. The molecule has 0 aliphatic carbocycles. The Morgan fingerprint density at radius 3 is 2.62 bits per heavy atom. The number of halogens is 1. The van der Waals surface area contributed by atoms with E-state index in [-0.39, 0.29) is 11.9 Å². The summed E-state index contributed by atoms with van der Waals surface area (Å²) in [5.41, 5.74) is 0.739. The SMILES string of the molecule is CNC(C)c1nnnn1-c1ccc(F)cc1. The van der Waals surface area contributed by atoms with Crippen LogP contribution in [-0.2, 0) is 0 Å². The highest BCUT2D eigenvalue weighted by molar-refractivity contribution is 5.31. The normalized spacial score (nSPS) is 12.7. The van der Waals surface area contributed by atoms with Crippen LogP contribution in [-0.4, -0.2) is 27.3 Å². The number of nitrogens with zero attached hydrogens (tertiary/aromatic N) is 4. The van der Waals surface area contributed by atoms with Crippen LogP contribution in [0.25, 0.3) is 5.69 Å². The molecule has 2 rings (SSSR count). The van der Waals surface area contributed by atoms with Gasteiger partial charge in [-0.15, -0.1) is 5.10 Å². The van der Waals surface area contributed by atoms with Crippen LogP contribution in [0.15, 0.2) is 24.3 Å². The second-order valence-corrected chi connectivity index (χ2v) is 3.44. The first-order valence-corrected chi connectivity index (χ1v) is 4.94. The molecule has 1 N–H and O–H groups in total. The molecule has 1 unspecified atom stereocenters. The van der Waals surface area contributed by atoms with Crippen LogP contribution in [0.3, 0.4) is 0 Å². The van der Waals surface area contributed by atoms with Crippen molar-refractivity contribution in [3.63, 3.8) is 0 Å². The summed E-state index contributed by atoms with van der Waals surface area (Å²) in [4.78, 5) is 0. The molecule has 0 bridgehead atoms. The molecule has 0 saturated heterocycles. The zero-order valence-electron chi connectivity index (χ0n) is 9.05. The standard InChI is InChI=1S/C10H12FN5/c1-7(12-2)10-13-14-15-16(10)9-5-3-8(11)4-6-9/h3-7,12H,1-2H3. The average Bonchev–Trinajstić information content (AvgIpc) is 2.78. The molecule has 0 fully saturated rings. The van der Waals surface area contributed by atoms with Gasteiger partial charge in [-0.05, 0) is 48.7 Å². The molecule has 1 heterocycles. The Morgan fingerprint density at radius 1 is 1.31 bits per heavy atom. The Labute approximate surface area is 92.3 Å². The maximum absolute atomic E-state index is 12.8. The van der Waals surface area contributed by atoms with Crippen LogP contribution in [0, 0.1) is 5.82 Å². The Kier molecular flexibility index (Phi) is 2.91. The van der Waals surface area contributed by atoms with E-state index < -0.39 is 0 Å². The van der Waals surface area contributed by atoms with E-state index in [0.717, 1.165) is 5.69 Å². The molecule has 0 aliphatic heterocycles. The van der Waals surface area contributed by atoms with E-state index >= 15 is 0 Å². The van der Waals surface area contributed by atoms with E-state index in [0.29, 0.717) is 5.82 Å². The average molecular weight is 221 g/mol. The van der Waals surface area contributed by atoms with Crippen LogP contribution in [0.1, 0.15) is 18.8 Å². The van der Waals surface area contributed by atoms with Crippen molar-refractivity contribution in [3.05, 3.63) is 35.9 Å². The lowest BCUT2D eigenvalue weighted by molar-refractivity contribution is 0.587. The zero-order valence-corrected chi connectivity index (χ0v) is 9.05. The fraction of sp³-hybridized carbons (Fsp3) is 0.300. The molecule has 16 heavy (non-hydrogen) atoms. The van der Waals surface area contributed by atoms with Crippen molar-refractivity contribution >= 4 is 0 Å². The van der Waals surface area contributed by atoms with Gasteiger partial charge in [0.15, 0.2) is 5.82 Å². The highest BCUT2D eigenvalue weighted by Gasteiger charge is 2.13. The molecule has 0 radical (unpaired) electrons. The van der Waals surface area contributed by atoms with Crippen molar-refractivity contribution in [1.82, 2.24) is 25.5 Å². The number of benzene rings is 1. The Balaban J connectivity index is 2.40. The van der Waals surface area contributed by atoms with Crippen molar-refractivity contribution in [1.29, 1.82) is 0 Å². The first-order chi connectivity index (χ1) is 7.72. The number of tetrazole rings is 1. The molecule has 0 amide bonds. The fourth-order valence-corrected chi connectivity index (χ4v) is 1.36. The fourth-order valence-electron chi connectivity index (χ4n) is 1.36. The summed E-state index contributed by atoms with van der Waals surface area (Å²) in [5, 5.41) is 14.5. The number of aromatic nitrogens is 4. The monoisotopic (exact) mass is 221 g/mol. The lowest BCUT2D eigenvalue weighted by Gasteiger charge is -2.09.